The van der Waals surface area contributed by atoms with Crippen LogP contribution < -0.4 is 0 Å². The van der Waals surface area contributed by atoms with Crippen molar-refractivity contribution in [2.75, 3.05) is 0 Å². The van der Waals surface area contributed by atoms with E-state index in [0.29, 0.717) is 5.92 Å². The highest BCUT2D eigenvalue weighted by Crippen LogP contribution is 2.32. The Labute approximate surface area is 113 Å². The van der Waals surface area contributed by atoms with E-state index in [4.69, 9.17) is 0 Å². The highest BCUT2D eigenvalue weighted by molar-refractivity contribution is 5.80. The first kappa shape index (κ1) is 12.0. The highest BCUT2D eigenvalue weighted by atomic mass is 14.8. The normalized spacial score (nSPS) is 12.7. The molecule has 1 N–H and O–H groups in total. The number of H-pyrrole nitrogens is 1. The number of aryl methyl sites for hydroxylation is 1. The van der Waals surface area contributed by atoms with Gasteiger partial charge in [-0.1, -0.05) is 36.8 Å². The molecular weight excluding hydrogens is 232 g/mol. The Morgan fingerprint density at radius 3 is 2.89 bits per heavy atom. The van der Waals surface area contributed by atoms with Crippen molar-refractivity contribution in [2.24, 2.45) is 0 Å². The molecule has 0 saturated heterocycles. The summed E-state index contributed by atoms with van der Waals surface area (Å²) in [7, 11) is 0. The molecule has 96 valence electrons. The van der Waals surface area contributed by atoms with Crippen LogP contribution >= 0.6 is 0 Å². The van der Waals surface area contributed by atoms with Gasteiger partial charge in [0.05, 0.1) is 0 Å². The number of nitrogens with zero attached hydrogens (tertiary/aromatic N) is 1. The first-order chi connectivity index (χ1) is 9.29. The van der Waals surface area contributed by atoms with Crippen LogP contribution in [-0.4, -0.2) is 9.97 Å². The monoisotopic (exact) mass is 250 g/mol. The van der Waals surface area contributed by atoms with Gasteiger partial charge in [-0.15, -0.1) is 0 Å². The van der Waals surface area contributed by atoms with Gasteiger partial charge in [0.2, 0.25) is 0 Å². The van der Waals surface area contributed by atoms with Crippen LogP contribution in [0.15, 0.2) is 48.8 Å². The molecule has 1 unspecified atom stereocenters. The molecule has 0 spiro atoms. The minimum absolute atomic E-state index is 0.429. The molecule has 2 aromatic heterocycles. The Morgan fingerprint density at radius 1 is 1.21 bits per heavy atom. The first-order valence-corrected chi connectivity index (χ1v) is 6.78. The lowest BCUT2D eigenvalue weighted by molar-refractivity contribution is 0.782. The third kappa shape index (κ3) is 2.14. The standard InChI is InChI=1S/C17H18N2/c1-3-14(13-7-4-6-12(2)10-13)16-11-19-17-15(16)8-5-9-18-17/h4-11,14H,3H2,1-2H3,(H,18,19). The number of benzene rings is 1. The van der Waals surface area contributed by atoms with E-state index in [1.165, 1.54) is 22.1 Å². The van der Waals surface area contributed by atoms with Crippen molar-refractivity contribution >= 4 is 11.0 Å². The average Bonchev–Trinajstić information content (AvgIpc) is 2.84. The van der Waals surface area contributed by atoms with Gasteiger partial charge in [-0.05, 0) is 36.6 Å². The van der Waals surface area contributed by atoms with Gasteiger partial charge < -0.3 is 4.98 Å². The topological polar surface area (TPSA) is 28.7 Å². The molecule has 2 nitrogen and oxygen atoms in total. The summed E-state index contributed by atoms with van der Waals surface area (Å²) >= 11 is 0. The second kappa shape index (κ2) is 4.88. The SMILES string of the molecule is CCC(c1cccc(C)c1)c1c[nH]c2ncccc12. The summed E-state index contributed by atoms with van der Waals surface area (Å²) in [6, 6.07) is 12.9. The average molecular weight is 250 g/mol. The zero-order chi connectivity index (χ0) is 13.2. The molecule has 0 saturated carbocycles. The number of aromatic amines is 1. The van der Waals surface area contributed by atoms with Gasteiger partial charge in [0.1, 0.15) is 5.65 Å². The fraction of sp³-hybridized carbons (Fsp3) is 0.235. The number of hydrogen-bond donors (Lipinski definition) is 1. The predicted molar refractivity (Wildman–Crippen MR) is 79.4 cm³/mol. The Balaban J connectivity index is 2.12. The second-order valence-corrected chi connectivity index (χ2v) is 5.02. The lowest BCUT2D eigenvalue weighted by Crippen LogP contribution is -1.99. The fourth-order valence-corrected chi connectivity index (χ4v) is 2.79. The van der Waals surface area contributed by atoms with E-state index in [0.717, 1.165) is 12.1 Å². The van der Waals surface area contributed by atoms with Crippen LogP contribution in [0.3, 0.4) is 0 Å². The lowest BCUT2D eigenvalue weighted by Gasteiger charge is -2.15. The summed E-state index contributed by atoms with van der Waals surface area (Å²) in [4.78, 5) is 7.65. The van der Waals surface area contributed by atoms with Gasteiger partial charge in [0.25, 0.3) is 0 Å². The van der Waals surface area contributed by atoms with Gasteiger partial charge in [-0.25, -0.2) is 4.98 Å². The molecule has 0 aliphatic carbocycles. The molecule has 0 amide bonds. The number of aromatic nitrogens is 2. The molecule has 3 rings (SSSR count). The molecule has 0 aliphatic heterocycles. The minimum atomic E-state index is 0.429. The van der Waals surface area contributed by atoms with Crippen LogP contribution in [0.5, 0.6) is 0 Å². The van der Waals surface area contributed by atoms with Crippen LogP contribution in [0.25, 0.3) is 11.0 Å². The van der Waals surface area contributed by atoms with E-state index in [1.807, 2.05) is 12.3 Å². The zero-order valence-corrected chi connectivity index (χ0v) is 11.4. The van der Waals surface area contributed by atoms with Crippen molar-refractivity contribution in [3.05, 3.63) is 65.5 Å². The molecule has 2 heterocycles. The smallest absolute Gasteiger partial charge is 0.137 e. The van der Waals surface area contributed by atoms with Crippen molar-refractivity contribution in [3.8, 4) is 0 Å². The Hall–Kier alpha value is -2.09. The van der Waals surface area contributed by atoms with E-state index >= 15 is 0 Å². The van der Waals surface area contributed by atoms with Gasteiger partial charge in [-0.2, -0.15) is 0 Å². The van der Waals surface area contributed by atoms with E-state index in [1.54, 1.807) is 0 Å². The minimum Gasteiger partial charge on any atom is -0.346 e. The quantitative estimate of drug-likeness (QED) is 0.732. The van der Waals surface area contributed by atoms with Crippen molar-refractivity contribution < 1.29 is 0 Å². The molecule has 0 aliphatic rings. The number of rotatable bonds is 3. The fourth-order valence-electron chi connectivity index (χ4n) is 2.79. The molecule has 0 bridgehead atoms. The van der Waals surface area contributed by atoms with Crippen LogP contribution in [0.4, 0.5) is 0 Å². The first-order valence-electron chi connectivity index (χ1n) is 6.78. The van der Waals surface area contributed by atoms with E-state index in [2.05, 4.69) is 60.3 Å². The summed E-state index contributed by atoms with van der Waals surface area (Å²) in [6.45, 7) is 4.38. The van der Waals surface area contributed by atoms with Crippen LogP contribution in [0.2, 0.25) is 0 Å². The highest BCUT2D eigenvalue weighted by Gasteiger charge is 2.16. The number of pyridine rings is 1. The zero-order valence-electron chi connectivity index (χ0n) is 11.4. The van der Waals surface area contributed by atoms with Crippen LogP contribution in [-0.2, 0) is 0 Å². The van der Waals surface area contributed by atoms with E-state index in [-0.39, 0.29) is 0 Å². The number of fused-ring (bicyclic) bond motifs is 1. The maximum absolute atomic E-state index is 4.37. The Kier molecular flexibility index (Phi) is 3.08. The van der Waals surface area contributed by atoms with Gasteiger partial charge >= 0.3 is 0 Å². The van der Waals surface area contributed by atoms with Crippen LogP contribution in [0, 0.1) is 6.92 Å². The molecular formula is C17H18N2. The lowest BCUT2D eigenvalue weighted by atomic mass is 9.88. The third-order valence-electron chi connectivity index (χ3n) is 3.71. The van der Waals surface area contributed by atoms with E-state index < -0.39 is 0 Å². The van der Waals surface area contributed by atoms with Gasteiger partial charge in [0.15, 0.2) is 0 Å². The van der Waals surface area contributed by atoms with Gasteiger partial charge in [-0.3, -0.25) is 0 Å². The summed E-state index contributed by atoms with van der Waals surface area (Å²) < 4.78 is 0. The van der Waals surface area contributed by atoms with Crippen LogP contribution in [0.1, 0.15) is 36.0 Å². The summed E-state index contributed by atoms with van der Waals surface area (Å²) in [5, 5.41) is 1.23. The summed E-state index contributed by atoms with van der Waals surface area (Å²) in [6.07, 6.45) is 5.02. The Bertz CT molecular complexity index is 697. The molecule has 3 aromatic rings. The predicted octanol–water partition coefficient (Wildman–Crippen LogP) is 4.41. The summed E-state index contributed by atoms with van der Waals surface area (Å²) in [5.41, 5.74) is 5.01. The molecule has 1 aromatic carbocycles. The van der Waals surface area contributed by atoms with Gasteiger partial charge in [0, 0.05) is 23.7 Å². The molecule has 0 radical (unpaired) electrons. The van der Waals surface area contributed by atoms with Crippen molar-refractivity contribution in [3.63, 3.8) is 0 Å². The number of nitrogens with one attached hydrogen (secondary N) is 1. The van der Waals surface area contributed by atoms with Crippen molar-refractivity contribution in [1.29, 1.82) is 0 Å². The van der Waals surface area contributed by atoms with Crippen molar-refractivity contribution in [1.82, 2.24) is 9.97 Å². The van der Waals surface area contributed by atoms with Crippen molar-refractivity contribution in [2.45, 2.75) is 26.2 Å². The second-order valence-electron chi connectivity index (χ2n) is 5.02. The maximum Gasteiger partial charge on any atom is 0.137 e. The Morgan fingerprint density at radius 2 is 2.11 bits per heavy atom. The molecule has 0 fully saturated rings. The molecule has 1 atom stereocenters. The molecule has 19 heavy (non-hydrogen) atoms. The number of hydrogen-bond acceptors (Lipinski definition) is 1. The van der Waals surface area contributed by atoms with E-state index in [9.17, 15) is 0 Å². The summed E-state index contributed by atoms with van der Waals surface area (Å²) in [5.74, 6) is 0.429. The maximum atomic E-state index is 4.37. The molecule has 2 heteroatoms. The third-order valence-corrected chi connectivity index (χ3v) is 3.71. The largest absolute Gasteiger partial charge is 0.346 e.